The third-order valence-electron chi connectivity index (χ3n) is 4.85. The zero-order valence-electron chi connectivity index (χ0n) is 16.9. The van der Waals surface area contributed by atoms with Gasteiger partial charge in [-0.15, -0.1) is 0 Å². The molecule has 2 aromatic rings. The second-order valence-electron chi connectivity index (χ2n) is 7.03. The van der Waals surface area contributed by atoms with Crippen molar-refractivity contribution in [3.8, 4) is 0 Å². The number of benzene rings is 2. The summed E-state index contributed by atoms with van der Waals surface area (Å²) >= 11 is 0. The van der Waals surface area contributed by atoms with Crippen LogP contribution in [0.5, 0.6) is 0 Å². The van der Waals surface area contributed by atoms with Crippen LogP contribution >= 0.6 is 0 Å². The van der Waals surface area contributed by atoms with Crippen molar-refractivity contribution in [2.75, 3.05) is 44.1 Å². The van der Waals surface area contributed by atoms with E-state index < -0.39 is 16.7 Å². The molecule has 1 N–H and O–H groups in total. The highest BCUT2D eigenvalue weighted by atomic mass is 16.6. The van der Waals surface area contributed by atoms with Crippen LogP contribution in [-0.2, 0) is 9.59 Å². The van der Waals surface area contributed by atoms with Gasteiger partial charge in [0.15, 0.2) is 0 Å². The van der Waals surface area contributed by atoms with E-state index in [4.69, 9.17) is 0 Å². The van der Waals surface area contributed by atoms with E-state index in [0.29, 0.717) is 11.3 Å². The van der Waals surface area contributed by atoms with Gasteiger partial charge in [0.2, 0.25) is 0 Å². The first-order valence-electron chi connectivity index (χ1n) is 9.23. The second kappa shape index (κ2) is 8.34. The quantitative estimate of drug-likeness (QED) is 0.422. The van der Waals surface area contributed by atoms with Crippen LogP contribution < -0.4 is 9.80 Å². The molecule has 156 valence electrons. The number of hydrogen-bond acceptors (Lipinski definition) is 7. The molecule has 9 nitrogen and oxygen atoms in total. The maximum atomic E-state index is 13.3. The van der Waals surface area contributed by atoms with E-state index in [2.05, 4.69) is 0 Å². The second-order valence-corrected chi connectivity index (χ2v) is 7.03. The molecule has 0 saturated heterocycles. The number of rotatable bonds is 7. The summed E-state index contributed by atoms with van der Waals surface area (Å²) in [4.78, 5) is 41.5. The monoisotopic (exact) mass is 410 g/mol. The van der Waals surface area contributed by atoms with Crippen molar-refractivity contribution < 1.29 is 19.6 Å². The number of aliphatic hydroxyl groups is 1. The molecule has 0 fully saturated rings. The number of non-ortho nitro benzene ring substituents is 1. The number of hydrogen-bond donors (Lipinski definition) is 1. The number of nitrogens with zero attached hydrogens (tertiary/aromatic N) is 4. The van der Waals surface area contributed by atoms with E-state index in [1.165, 1.54) is 29.2 Å². The SMILES string of the molecule is CN(CCO)C1=C(c2ccc([N+](=O)[O-])cc2)C(=O)N(c2cccc(N(C)C)c2)C1=O. The number of imide groups is 1. The van der Waals surface area contributed by atoms with E-state index in [1.54, 1.807) is 25.2 Å². The average molecular weight is 410 g/mol. The van der Waals surface area contributed by atoms with Gasteiger partial charge in [-0.3, -0.25) is 19.7 Å². The van der Waals surface area contributed by atoms with Gasteiger partial charge in [0.25, 0.3) is 17.5 Å². The highest BCUT2D eigenvalue weighted by molar-refractivity contribution is 6.45. The van der Waals surface area contributed by atoms with Crippen molar-refractivity contribution in [1.29, 1.82) is 0 Å². The summed E-state index contributed by atoms with van der Waals surface area (Å²) in [5.41, 5.74) is 1.80. The zero-order chi connectivity index (χ0) is 22.0. The van der Waals surface area contributed by atoms with Crippen molar-refractivity contribution in [3.05, 3.63) is 69.9 Å². The molecule has 1 aliphatic heterocycles. The highest BCUT2D eigenvalue weighted by Gasteiger charge is 2.41. The van der Waals surface area contributed by atoms with Gasteiger partial charge >= 0.3 is 0 Å². The number of amides is 2. The third kappa shape index (κ3) is 3.74. The molecule has 0 aliphatic carbocycles. The molecule has 0 unspecified atom stereocenters. The van der Waals surface area contributed by atoms with Crippen LogP contribution in [0.15, 0.2) is 54.2 Å². The van der Waals surface area contributed by atoms with Crippen molar-refractivity contribution in [2.45, 2.75) is 0 Å². The Morgan fingerprint density at radius 1 is 1.03 bits per heavy atom. The third-order valence-corrected chi connectivity index (χ3v) is 4.85. The average Bonchev–Trinajstić information content (AvgIpc) is 2.98. The fraction of sp³-hybridized carbons (Fsp3) is 0.238. The lowest BCUT2D eigenvalue weighted by Gasteiger charge is -2.21. The van der Waals surface area contributed by atoms with Crippen molar-refractivity contribution in [1.82, 2.24) is 4.90 Å². The van der Waals surface area contributed by atoms with Gasteiger partial charge in [-0.05, 0) is 35.9 Å². The van der Waals surface area contributed by atoms with Gasteiger partial charge < -0.3 is 14.9 Å². The smallest absolute Gasteiger partial charge is 0.282 e. The molecule has 9 heteroatoms. The first-order valence-corrected chi connectivity index (χ1v) is 9.23. The Balaban J connectivity index is 2.11. The Morgan fingerprint density at radius 3 is 2.27 bits per heavy atom. The van der Waals surface area contributed by atoms with Crippen LogP contribution in [0, 0.1) is 10.1 Å². The van der Waals surface area contributed by atoms with E-state index in [9.17, 15) is 24.8 Å². The number of anilines is 2. The Hall–Kier alpha value is -3.72. The fourth-order valence-corrected chi connectivity index (χ4v) is 3.29. The topological polar surface area (TPSA) is 107 Å². The minimum Gasteiger partial charge on any atom is -0.395 e. The zero-order valence-corrected chi connectivity index (χ0v) is 16.9. The van der Waals surface area contributed by atoms with E-state index in [0.717, 1.165) is 10.6 Å². The number of nitro benzene ring substituents is 1. The summed E-state index contributed by atoms with van der Waals surface area (Å²) in [7, 11) is 5.32. The first-order chi connectivity index (χ1) is 14.3. The molecule has 2 aromatic carbocycles. The maximum absolute atomic E-state index is 13.3. The summed E-state index contributed by atoms with van der Waals surface area (Å²) in [6.45, 7) is -0.0540. The Labute approximate surface area is 173 Å². The van der Waals surface area contributed by atoms with Crippen molar-refractivity contribution in [3.63, 3.8) is 0 Å². The Morgan fingerprint density at radius 2 is 1.70 bits per heavy atom. The first kappa shape index (κ1) is 21.0. The lowest BCUT2D eigenvalue weighted by molar-refractivity contribution is -0.384. The number of carbonyl (C=O) groups is 2. The maximum Gasteiger partial charge on any atom is 0.282 e. The van der Waals surface area contributed by atoms with Crippen molar-refractivity contribution in [2.24, 2.45) is 0 Å². The fourth-order valence-electron chi connectivity index (χ4n) is 3.29. The lowest BCUT2D eigenvalue weighted by Crippen LogP contribution is -2.35. The molecule has 0 aromatic heterocycles. The van der Waals surface area contributed by atoms with Crippen LogP contribution in [0.4, 0.5) is 17.1 Å². The van der Waals surface area contributed by atoms with Crippen LogP contribution in [-0.4, -0.2) is 61.0 Å². The minimum atomic E-state index is -0.530. The predicted octanol–water partition coefficient (Wildman–Crippen LogP) is 1.87. The van der Waals surface area contributed by atoms with Crippen LogP contribution in [0.3, 0.4) is 0 Å². The molecular weight excluding hydrogens is 388 g/mol. The van der Waals surface area contributed by atoms with Gasteiger partial charge in [0, 0.05) is 45.5 Å². The van der Waals surface area contributed by atoms with Crippen LogP contribution in [0.2, 0.25) is 0 Å². The van der Waals surface area contributed by atoms with Gasteiger partial charge in [-0.25, -0.2) is 4.90 Å². The molecule has 1 heterocycles. The van der Waals surface area contributed by atoms with Crippen LogP contribution in [0.25, 0.3) is 5.57 Å². The van der Waals surface area contributed by atoms with Crippen LogP contribution in [0.1, 0.15) is 5.56 Å². The molecule has 30 heavy (non-hydrogen) atoms. The largest absolute Gasteiger partial charge is 0.395 e. The Bertz CT molecular complexity index is 1030. The standard InChI is InChI=1S/C21H22N4O5/c1-22(2)16-5-4-6-17(13-16)24-20(27)18(19(21(24)28)23(3)11-12-26)14-7-9-15(10-8-14)25(29)30/h4-10,13,26H,11-12H2,1-3H3. The highest BCUT2D eigenvalue weighted by Crippen LogP contribution is 2.35. The molecule has 0 saturated carbocycles. The molecule has 2 amide bonds. The van der Waals surface area contributed by atoms with Gasteiger partial charge in [-0.2, -0.15) is 0 Å². The molecular formula is C21H22N4O5. The van der Waals surface area contributed by atoms with Gasteiger partial charge in [0.05, 0.1) is 22.8 Å². The van der Waals surface area contributed by atoms with E-state index in [-0.39, 0.29) is 30.1 Å². The molecule has 0 atom stereocenters. The summed E-state index contributed by atoms with van der Waals surface area (Å²) in [6, 6.07) is 12.5. The molecule has 0 bridgehead atoms. The number of nitro groups is 1. The summed E-state index contributed by atoms with van der Waals surface area (Å²) < 4.78 is 0. The Kier molecular flexibility index (Phi) is 5.84. The molecule has 0 spiro atoms. The van der Waals surface area contributed by atoms with Gasteiger partial charge in [0.1, 0.15) is 5.70 Å². The summed E-state index contributed by atoms with van der Waals surface area (Å²) in [5, 5.41) is 20.3. The number of likely N-dealkylation sites (N-methyl/N-ethyl adjacent to an activating group) is 1. The van der Waals surface area contributed by atoms with E-state index in [1.807, 2.05) is 25.1 Å². The van der Waals surface area contributed by atoms with Gasteiger partial charge in [-0.1, -0.05) is 6.07 Å². The predicted molar refractivity (Wildman–Crippen MR) is 113 cm³/mol. The summed E-state index contributed by atoms with van der Waals surface area (Å²) in [6.07, 6.45) is 0. The normalized spacial score (nSPS) is 13.8. The van der Waals surface area contributed by atoms with Crippen molar-refractivity contribution >= 4 is 34.4 Å². The summed E-state index contributed by atoms with van der Waals surface area (Å²) in [5.74, 6) is -1.04. The molecule has 3 rings (SSSR count). The number of aliphatic hydroxyl groups excluding tert-OH is 1. The lowest BCUT2D eigenvalue weighted by atomic mass is 10.0. The minimum absolute atomic E-state index is 0.114. The molecule has 0 radical (unpaired) electrons. The van der Waals surface area contributed by atoms with E-state index >= 15 is 0 Å². The molecule has 1 aliphatic rings. The number of carbonyl (C=O) groups excluding carboxylic acids is 2.